The fourth-order valence-corrected chi connectivity index (χ4v) is 3.62. The summed E-state index contributed by atoms with van der Waals surface area (Å²) in [6, 6.07) is 13.7. The molecule has 0 saturated heterocycles. The van der Waals surface area contributed by atoms with Crippen molar-refractivity contribution in [3.05, 3.63) is 52.7 Å². The van der Waals surface area contributed by atoms with Crippen LogP contribution in [-0.2, 0) is 16.1 Å². The lowest BCUT2D eigenvalue weighted by Gasteiger charge is -2.09. The summed E-state index contributed by atoms with van der Waals surface area (Å²) >= 11 is 4.67. The molecule has 2 heterocycles. The first-order valence-electron chi connectivity index (χ1n) is 8.78. The zero-order chi connectivity index (χ0) is 19.8. The second-order valence-electron chi connectivity index (χ2n) is 5.97. The molecule has 0 radical (unpaired) electrons. The van der Waals surface area contributed by atoms with Gasteiger partial charge in [-0.2, -0.15) is 0 Å². The van der Waals surface area contributed by atoms with Crippen molar-refractivity contribution in [3.63, 3.8) is 0 Å². The highest BCUT2D eigenvalue weighted by molar-refractivity contribution is 9.10. The number of carbonyl (C=O) groups is 1. The van der Waals surface area contributed by atoms with Crippen molar-refractivity contribution in [2.75, 3.05) is 26.0 Å². The number of hydrogen-bond donors (Lipinski definition) is 1. The summed E-state index contributed by atoms with van der Waals surface area (Å²) in [5, 5.41) is 12.1. The number of amides is 1. The molecule has 7 nitrogen and oxygen atoms in total. The van der Waals surface area contributed by atoms with E-state index in [1.807, 2.05) is 47.0 Å². The van der Waals surface area contributed by atoms with E-state index in [1.165, 1.54) is 11.8 Å². The van der Waals surface area contributed by atoms with E-state index in [0.29, 0.717) is 41.1 Å². The first-order chi connectivity index (χ1) is 13.7. The van der Waals surface area contributed by atoms with Crippen molar-refractivity contribution in [3.8, 4) is 11.6 Å². The lowest BCUT2D eigenvalue weighted by molar-refractivity contribution is -0.118. The van der Waals surface area contributed by atoms with Gasteiger partial charge in [-0.1, -0.05) is 42.1 Å². The van der Waals surface area contributed by atoms with Gasteiger partial charge in [0, 0.05) is 20.3 Å². The van der Waals surface area contributed by atoms with Crippen molar-refractivity contribution in [2.45, 2.75) is 18.1 Å². The van der Waals surface area contributed by atoms with Crippen LogP contribution >= 0.6 is 27.7 Å². The van der Waals surface area contributed by atoms with Gasteiger partial charge in [0.25, 0.3) is 0 Å². The van der Waals surface area contributed by atoms with Crippen LogP contribution in [0.2, 0.25) is 0 Å². The average Bonchev–Trinajstić information content (AvgIpc) is 3.30. The van der Waals surface area contributed by atoms with Crippen LogP contribution in [0.25, 0.3) is 11.6 Å². The standard InChI is InChI=1S/C19H21BrN4O3S/c1-26-11-5-10-21-17(25)13-28-19-23-22-18(15-8-9-16(20)27-15)24(19)12-14-6-3-2-4-7-14/h2-4,6-9H,5,10-13H2,1H3,(H,21,25). The monoisotopic (exact) mass is 464 g/mol. The van der Waals surface area contributed by atoms with Gasteiger partial charge in [-0.05, 0) is 40.0 Å². The van der Waals surface area contributed by atoms with E-state index < -0.39 is 0 Å². The van der Waals surface area contributed by atoms with Crippen LogP contribution in [-0.4, -0.2) is 46.7 Å². The molecule has 0 aliphatic rings. The Labute approximate surface area is 176 Å². The molecule has 0 bridgehead atoms. The Morgan fingerprint density at radius 2 is 2.07 bits per heavy atom. The summed E-state index contributed by atoms with van der Waals surface area (Å²) in [7, 11) is 1.65. The Balaban J connectivity index is 1.73. The zero-order valence-electron chi connectivity index (χ0n) is 15.4. The number of furan rings is 1. The first-order valence-corrected chi connectivity index (χ1v) is 10.6. The Bertz CT molecular complexity index is 898. The highest BCUT2D eigenvalue weighted by Crippen LogP contribution is 2.28. The molecule has 1 amide bonds. The fraction of sp³-hybridized carbons (Fsp3) is 0.316. The number of hydrogen-bond acceptors (Lipinski definition) is 6. The Kier molecular flexibility index (Phi) is 7.70. The summed E-state index contributed by atoms with van der Waals surface area (Å²) in [6.45, 7) is 1.80. The van der Waals surface area contributed by atoms with Gasteiger partial charge in [-0.3, -0.25) is 9.36 Å². The van der Waals surface area contributed by atoms with Crippen LogP contribution in [0, 0.1) is 0 Å². The van der Waals surface area contributed by atoms with E-state index in [1.54, 1.807) is 7.11 Å². The second-order valence-corrected chi connectivity index (χ2v) is 7.69. The highest BCUT2D eigenvalue weighted by atomic mass is 79.9. The predicted molar refractivity (Wildman–Crippen MR) is 111 cm³/mol. The van der Waals surface area contributed by atoms with Gasteiger partial charge < -0.3 is 14.5 Å². The number of ether oxygens (including phenoxy) is 1. The molecular weight excluding hydrogens is 444 g/mol. The van der Waals surface area contributed by atoms with Crippen molar-refractivity contribution in [1.29, 1.82) is 0 Å². The molecule has 9 heteroatoms. The normalized spacial score (nSPS) is 10.9. The van der Waals surface area contributed by atoms with Gasteiger partial charge in [0.2, 0.25) is 11.7 Å². The van der Waals surface area contributed by atoms with Crippen molar-refractivity contribution < 1.29 is 13.9 Å². The van der Waals surface area contributed by atoms with Gasteiger partial charge in [0.1, 0.15) is 0 Å². The maximum absolute atomic E-state index is 12.1. The minimum absolute atomic E-state index is 0.0438. The summed E-state index contributed by atoms with van der Waals surface area (Å²) in [5.41, 5.74) is 1.11. The van der Waals surface area contributed by atoms with E-state index in [9.17, 15) is 4.79 Å². The molecular formula is C19H21BrN4O3S. The maximum atomic E-state index is 12.1. The van der Waals surface area contributed by atoms with Crippen molar-refractivity contribution in [2.24, 2.45) is 0 Å². The SMILES string of the molecule is COCCCNC(=O)CSc1nnc(-c2ccc(Br)o2)n1Cc1ccccc1. The summed E-state index contributed by atoms with van der Waals surface area (Å²) in [5.74, 6) is 1.46. The molecule has 3 aromatic rings. The number of nitrogens with one attached hydrogen (secondary N) is 1. The van der Waals surface area contributed by atoms with Crippen LogP contribution in [0.4, 0.5) is 0 Å². The van der Waals surface area contributed by atoms with Crippen LogP contribution in [0.15, 0.2) is 56.7 Å². The second kappa shape index (κ2) is 10.4. The third-order valence-electron chi connectivity index (χ3n) is 3.87. The molecule has 0 atom stereocenters. The molecule has 3 rings (SSSR count). The van der Waals surface area contributed by atoms with E-state index in [0.717, 1.165) is 12.0 Å². The molecule has 28 heavy (non-hydrogen) atoms. The molecule has 0 aliphatic carbocycles. The summed E-state index contributed by atoms with van der Waals surface area (Å²) < 4.78 is 13.2. The number of benzene rings is 1. The van der Waals surface area contributed by atoms with Crippen molar-refractivity contribution >= 4 is 33.6 Å². The van der Waals surface area contributed by atoms with Crippen LogP contribution < -0.4 is 5.32 Å². The number of halogens is 1. The van der Waals surface area contributed by atoms with Gasteiger partial charge in [0.05, 0.1) is 12.3 Å². The summed E-state index contributed by atoms with van der Waals surface area (Å²) in [6.07, 6.45) is 0.786. The third-order valence-corrected chi connectivity index (χ3v) is 5.27. The smallest absolute Gasteiger partial charge is 0.230 e. The van der Waals surface area contributed by atoms with Gasteiger partial charge in [0.15, 0.2) is 15.6 Å². The fourth-order valence-electron chi connectivity index (χ4n) is 2.55. The number of thioether (sulfide) groups is 1. The van der Waals surface area contributed by atoms with Crippen LogP contribution in [0.3, 0.4) is 0 Å². The number of methoxy groups -OCH3 is 1. The molecule has 2 aromatic heterocycles. The van der Waals surface area contributed by atoms with Gasteiger partial charge >= 0.3 is 0 Å². The zero-order valence-corrected chi connectivity index (χ0v) is 17.8. The molecule has 0 saturated carbocycles. The molecule has 1 N–H and O–H groups in total. The molecule has 1 aromatic carbocycles. The molecule has 0 unspecified atom stereocenters. The molecule has 0 fully saturated rings. The number of aromatic nitrogens is 3. The molecule has 0 spiro atoms. The Hall–Kier alpha value is -2.10. The number of rotatable bonds is 10. The maximum Gasteiger partial charge on any atom is 0.230 e. The number of nitrogens with zero attached hydrogens (tertiary/aromatic N) is 3. The van der Waals surface area contributed by atoms with E-state index >= 15 is 0 Å². The van der Waals surface area contributed by atoms with Gasteiger partial charge in [-0.25, -0.2) is 0 Å². The van der Waals surface area contributed by atoms with E-state index in [2.05, 4.69) is 31.4 Å². The van der Waals surface area contributed by atoms with Crippen LogP contribution in [0.1, 0.15) is 12.0 Å². The Morgan fingerprint density at radius 3 is 2.79 bits per heavy atom. The minimum Gasteiger partial charge on any atom is -0.446 e. The van der Waals surface area contributed by atoms with Crippen LogP contribution in [0.5, 0.6) is 0 Å². The van der Waals surface area contributed by atoms with Gasteiger partial charge in [-0.15, -0.1) is 10.2 Å². The largest absolute Gasteiger partial charge is 0.446 e. The summed E-state index contributed by atoms with van der Waals surface area (Å²) in [4.78, 5) is 12.1. The quantitative estimate of drug-likeness (QED) is 0.364. The molecule has 148 valence electrons. The Morgan fingerprint density at radius 1 is 1.25 bits per heavy atom. The third kappa shape index (κ3) is 5.70. The number of carbonyl (C=O) groups excluding carboxylic acids is 1. The van der Waals surface area contributed by atoms with Crippen molar-refractivity contribution in [1.82, 2.24) is 20.1 Å². The molecule has 0 aliphatic heterocycles. The topological polar surface area (TPSA) is 82.2 Å². The first kappa shape index (κ1) is 20.6. The van der Waals surface area contributed by atoms with E-state index in [-0.39, 0.29) is 11.7 Å². The average molecular weight is 465 g/mol. The van der Waals surface area contributed by atoms with E-state index in [4.69, 9.17) is 9.15 Å². The highest BCUT2D eigenvalue weighted by Gasteiger charge is 2.18. The lowest BCUT2D eigenvalue weighted by atomic mass is 10.2. The minimum atomic E-state index is -0.0438. The lowest BCUT2D eigenvalue weighted by Crippen LogP contribution is -2.27. The predicted octanol–water partition coefficient (Wildman–Crippen LogP) is 3.59.